The normalized spacial score (nSPS) is 12.5. The molecule has 6 heteroatoms. The van der Waals surface area contributed by atoms with Gasteiger partial charge in [0, 0.05) is 12.1 Å². The predicted molar refractivity (Wildman–Crippen MR) is 84.3 cm³/mol. The zero-order valence-corrected chi connectivity index (χ0v) is 14.1. The fourth-order valence-corrected chi connectivity index (χ4v) is 3.41. The Kier molecular flexibility index (Phi) is 5.53. The van der Waals surface area contributed by atoms with Crippen LogP contribution in [0.15, 0.2) is 24.3 Å². The fourth-order valence-electron chi connectivity index (χ4n) is 2.06. The molecule has 0 heterocycles. The number of benzene rings is 1. The number of amides is 1. The molecule has 0 fully saturated rings. The maximum Gasteiger partial charge on any atom is 0.235 e. The van der Waals surface area contributed by atoms with Crippen LogP contribution in [0.5, 0.6) is 0 Å². The fraction of sp³-hybridized carbons (Fsp3) is 0.533. The van der Waals surface area contributed by atoms with Gasteiger partial charge < -0.3 is 5.32 Å². The summed E-state index contributed by atoms with van der Waals surface area (Å²) in [4.78, 5) is 12.0. The molecule has 1 aromatic rings. The Bertz CT molecular complexity index is 604. The number of hydrogen-bond donors (Lipinski definition) is 1. The molecule has 0 unspecified atom stereocenters. The monoisotopic (exact) mass is 312 g/mol. The molecule has 0 saturated heterocycles. The second-order valence-electron chi connectivity index (χ2n) is 6.21. The Balaban J connectivity index is 2.68. The third-order valence-corrected chi connectivity index (χ3v) is 4.49. The van der Waals surface area contributed by atoms with Crippen molar-refractivity contribution in [3.05, 3.63) is 35.4 Å². The number of sulfonamides is 1. The molecular formula is C15H24N2O3S. The van der Waals surface area contributed by atoms with Gasteiger partial charge in [0.1, 0.15) is 0 Å². The quantitative estimate of drug-likeness (QED) is 0.899. The lowest BCUT2D eigenvalue weighted by atomic mass is 10.1. The van der Waals surface area contributed by atoms with E-state index in [1.54, 1.807) is 20.8 Å². The molecule has 1 rings (SSSR count). The molecule has 118 valence electrons. The summed E-state index contributed by atoms with van der Waals surface area (Å²) >= 11 is 0. The molecule has 0 aromatic heterocycles. The molecule has 1 N–H and O–H groups in total. The van der Waals surface area contributed by atoms with Gasteiger partial charge in [-0.25, -0.2) is 8.42 Å². The van der Waals surface area contributed by atoms with Crippen molar-refractivity contribution in [2.75, 3.05) is 12.8 Å². The summed E-state index contributed by atoms with van der Waals surface area (Å²) in [5.41, 5.74) is 1.48. The molecule has 0 aliphatic rings. The van der Waals surface area contributed by atoms with E-state index in [-0.39, 0.29) is 12.5 Å². The summed E-state index contributed by atoms with van der Waals surface area (Å²) in [7, 11) is -3.43. The van der Waals surface area contributed by atoms with Gasteiger partial charge >= 0.3 is 0 Å². The van der Waals surface area contributed by atoms with Crippen LogP contribution in [0.1, 0.15) is 31.9 Å². The smallest absolute Gasteiger partial charge is 0.235 e. The van der Waals surface area contributed by atoms with Crippen LogP contribution in [0.2, 0.25) is 0 Å². The van der Waals surface area contributed by atoms with Crippen LogP contribution in [0.3, 0.4) is 0 Å². The van der Waals surface area contributed by atoms with Crippen molar-refractivity contribution in [3.63, 3.8) is 0 Å². The average Bonchev–Trinajstić information content (AvgIpc) is 2.31. The number of rotatable bonds is 5. The second-order valence-corrected chi connectivity index (χ2v) is 8.11. The highest BCUT2D eigenvalue weighted by Crippen LogP contribution is 2.16. The van der Waals surface area contributed by atoms with Crippen LogP contribution in [-0.4, -0.2) is 37.0 Å². The molecule has 0 spiro atoms. The van der Waals surface area contributed by atoms with Crippen LogP contribution >= 0.6 is 0 Å². The van der Waals surface area contributed by atoms with Gasteiger partial charge in [0.05, 0.1) is 12.8 Å². The zero-order valence-electron chi connectivity index (χ0n) is 13.3. The molecule has 0 atom stereocenters. The van der Waals surface area contributed by atoms with Gasteiger partial charge in [-0.05, 0) is 33.3 Å². The lowest BCUT2D eigenvalue weighted by Crippen LogP contribution is -2.49. The molecular weight excluding hydrogens is 288 g/mol. The number of nitrogens with one attached hydrogen (secondary N) is 1. The van der Waals surface area contributed by atoms with Crippen LogP contribution in [0.25, 0.3) is 0 Å². The first kappa shape index (κ1) is 17.7. The number of carbonyl (C=O) groups excluding carboxylic acids is 1. The van der Waals surface area contributed by atoms with Gasteiger partial charge in [-0.15, -0.1) is 0 Å². The van der Waals surface area contributed by atoms with E-state index >= 15 is 0 Å². The second kappa shape index (κ2) is 6.58. The molecule has 0 aliphatic heterocycles. The van der Waals surface area contributed by atoms with E-state index in [0.717, 1.165) is 17.4 Å². The number of aryl methyl sites for hydroxylation is 1. The number of carbonyl (C=O) groups is 1. The predicted octanol–water partition coefficient (Wildman–Crippen LogP) is 1.67. The van der Waals surface area contributed by atoms with Gasteiger partial charge in [-0.2, -0.15) is 4.31 Å². The van der Waals surface area contributed by atoms with E-state index in [4.69, 9.17) is 0 Å². The standard InChI is InChI=1S/C15H24N2O3S/c1-12-7-6-8-13(9-12)10-16-14(18)11-17(15(2,3)4)21(5,19)20/h6-9H,10-11H2,1-5H3,(H,16,18). The van der Waals surface area contributed by atoms with E-state index < -0.39 is 15.6 Å². The van der Waals surface area contributed by atoms with Crippen LogP contribution in [0, 0.1) is 6.92 Å². The molecule has 1 amide bonds. The first-order chi connectivity index (χ1) is 9.50. The van der Waals surface area contributed by atoms with Crippen LogP contribution < -0.4 is 5.32 Å². The largest absolute Gasteiger partial charge is 0.351 e. The van der Waals surface area contributed by atoms with Crippen molar-refractivity contribution in [2.45, 2.75) is 39.8 Å². The molecule has 0 saturated carbocycles. The van der Waals surface area contributed by atoms with Gasteiger partial charge in [0.2, 0.25) is 15.9 Å². The van der Waals surface area contributed by atoms with E-state index in [9.17, 15) is 13.2 Å². The van der Waals surface area contributed by atoms with Gasteiger partial charge in [-0.3, -0.25) is 4.79 Å². The highest BCUT2D eigenvalue weighted by Gasteiger charge is 2.31. The van der Waals surface area contributed by atoms with Crippen molar-refractivity contribution in [1.82, 2.24) is 9.62 Å². The van der Waals surface area contributed by atoms with Gasteiger partial charge in [-0.1, -0.05) is 29.8 Å². The summed E-state index contributed by atoms with van der Waals surface area (Å²) in [5.74, 6) is -0.308. The molecule has 5 nitrogen and oxygen atoms in total. The molecule has 0 aliphatic carbocycles. The minimum absolute atomic E-state index is 0.172. The van der Waals surface area contributed by atoms with E-state index in [2.05, 4.69) is 5.32 Å². The Morgan fingerprint density at radius 3 is 2.38 bits per heavy atom. The third-order valence-electron chi connectivity index (χ3n) is 3.01. The first-order valence-corrected chi connectivity index (χ1v) is 8.65. The lowest BCUT2D eigenvalue weighted by molar-refractivity contribution is -0.122. The van der Waals surface area contributed by atoms with Crippen molar-refractivity contribution in [1.29, 1.82) is 0 Å². The van der Waals surface area contributed by atoms with Gasteiger partial charge in [0.25, 0.3) is 0 Å². The summed E-state index contributed by atoms with van der Waals surface area (Å²) in [5, 5.41) is 2.76. The minimum atomic E-state index is -3.43. The SMILES string of the molecule is Cc1cccc(CNC(=O)CN(C(C)(C)C)S(C)(=O)=O)c1. The van der Waals surface area contributed by atoms with Gasteiger partial charge in [0.15, 0.2) is 0 Å². The zero-order chi connectivity index (χ0) is 16.3. The Hall–Kier alpha value is -1.40. The molecule has 21 heavy (non-hydrogen) atoms. The number of nitrogens with zero attached hydrogens (tertiary/aromatic N) is 1. The van der Waals surface area contributed by atoms with Crippen molar-refractivity contribution in [3.8, 4) is 0 Å². The van der Waals surface area contributed by atoms with Crippen molar-refractivity contribution < 1.29 is 13.2 Å². The topological polar surface area (TPSA) is 66.5 Å². The van der Waals surface area contributed by atoms with Crippen molar-refractivity contribution >= 4 is 15.9 Å². The Labute approximate surface area is 127 Å². The molecule has 0 radical (unpaired) electrons. The Morgan fingerprint density at radius 2 is 1.90 bits per heavy atom. The van der Waals surface area contributed by atoms with E-state index in [1.165, 1.54) is 4.31 Å². The van der Waals surface area contributed by atoms with Crippen molar-refractivity contribution in [2.24, 2.45) is 0 Å². The van der Waals surface area contributed by atoms with Crippen LogP contribution in [-0.2, 0) is 21.4 Å². The maximum absolute atomic E-state index is 12.0. The molecule has 1 aromatic carbocycles. The summed E-state index contributed by atoms with van der Waals surface area (Å²) in [6.45, 7) is 7.50. The van der Waals surface area contributed by atoms with E-state index in [1.807, 2.05) is 31.2 Å². The summed E-state index contributed by atoms with van der Waals surface area (Å²) in [6.07, 6.45) is 1.12. The molecule has 0 bridgehead atoms. The third kappa shape index (κ3) is 5.85. The highest BCUT2D eigenvalue weighted by molar-refractivity contribution is 7.88. The maximum atomic E-state index is 12.0. The van der Waals surface area contributed by atoms with E-state index in [0.29, 0.717) is 6.54 Å². The Morgan fingerprint density at radius 1 is 1.29 bits per heavy atom. The lowest BCUT2D eigenvalue weighted by Gasteiger charge is -2.32. The highest BCUT2D eigenvalue weighted by atomic mass is 32.2. The average molecular weight is 312 g/mol. The minimum Gasteiger partial charge on any atom is -0.351 e. The number of hydrogen-bond acceptors (Lipinski definition) is 3. The summed E-state index contributed by atoms with van der Waals surface area (Å²) in [6, 6.07) is 7.81. The van der Waals surface area contributed by atoms with Crippen LogP contribution in [0.4, 0.5) is 0 Å². The first-order valence-electron chi connectivity index (χ1n) is 6.80. The summed E-state index contributed by atoms with van der Waals surface area (Å²) < 4.78 is 24.8.